The van der Waals surface area contributed by atoms with Crippen LogP contribution in [-0.2, 0) is 14.3 Å². The summed E-state index contributed by atoms with van der Waals surface area (Å²) < 4.78 is 10.1. The third kappa shape index (κ3) is 4.94. The molecule has 1 atom stereocenters. The van der Waals surface area contributed by atoms with Crippen LogP contribution in [0.15, 0.2) is 0 Å². The van der Waals surface area contributed by atoms with Crippen LogP contribution in [0.1, 0.15) is 65.7 Å². The molecule has 146 valence electrons. The number of nitrogens with zero attached hydrogens (tertiary/aromatic N) is 1. The fraction of sp³-hybridized carbons (Fsp3) is 0.632. The molecule has 1 unspecified atom stereocenters. The molecule has 0 saturated heterocycles. The molecule has 0 aliphatic rings. The molecule has 0 bridgehead atoms. The van der Waals surface area contributed by atoms with E-state index in [0.29, 0.717) is 42.8 Å². The van der Waals surface area contributed by atoms with Gasteiger partial charge in [-0.2, -0.15) is 0 Å². The van der Waals surface area contributed by atoms with Crippen LogP contribution < -0.4 is 0 Å². The standard InChI is InChI=1S/C19H30N2O5/c1-7-15(22)21(10-9-11-25-6)14(5)18(23)16-12(3)17(20-13(16)4)19(24)26-8-2/h14,20H,7-11H2,1-6H3. The van der Waals surface area contributed by atoms with Gasteiger partial charge in [0.15, 0.2) is 5.78 Å². The first-order valence-corrected chi connectivity index (χ1v) is 8.98. The molecule has 7 nitrogen and oxygen atoms in total. The van der Waals surface area contributed by atoms with Crippen LogP contribution >= 0.6 is 0 Å². The molecule has 0 spiro atoms. The first kappa shape index (κ1) is 21.9. The predicted octanol–water partition coefficient (Wildman–Crippen LogP) is 2.65. The summed E-state index contributed by atoms with van der Waals surface area (Å²) in [5.74, 6) is -0.759. The Morgan fingerprint density at radius 2 is 1.85 bits per heavy atom. The molecule has 0 aliphatic carbocycles. The molecule has 1 aromatic heterocycles. The van der Waals surface area contributed by atoms with E-state index in [1.165, 1.54) is 0 Å². The topological polar surface area (TPSA) is 88.7 Å². The van der Waals surface area contributed by atoms with Crippen LogP contribution in [-0.4, -0.2) is 60.5 Å². The zero-order valence-electron chi connectivity index (χ0n) is 16.6. The first-order valence-electron chi connectivity index (χ1n) is 8.98. The minimum Gasteiger partial charge on any atom is -0.461 e. The van der Waals surface area contributed by atoms with E-state index >= 15 is 0 Å². The van der Waals surface area contributed by atoms with Crippen LogP contribution in [0, 0.1) is 13.8 Å². The van der Waals surface area contributed by atoms with Crippen LogP contribution in [0.4, 0.5) is 0 Å². The number of hydrogen-bond acceptors (Lipinski definition) is 5. The molecular formula is C19H30N2O5. The predicted molar refractivity (Wildman–Crippen MR) is 98.5 cm³/mol. The largest absolute Gasteiger partial charge is 0.461 e. The number of aryl methyl sites for hydroxylation is 1. The zero-order valence-corrected chi connectivity index (χ0v) is 16.6. The lowest BCUT2D eigenvalue weighted by Crippen LogP contribution is -2.44. The number of hydrogen-bond donors (Lipinski definition) is 1. The Hall–Kier alpha value is -2.15. The summed E-state index contributed by atoms with van der Waals surface area (Å²) in [7, 11) is 1.60. The van der Waals surface area contributed by atoms with E-state index in [0.717, 1.165) is 0 Å². The van der Waals surface area contributed by atoms with E-state index < -0.39 is 12.0 Å². The Bertz CT molecular complexity index is 651. The third-order valence-corrected chi connectivity index (χ3v) is 4.38. The summed E-state index contributed by atoms with van der Waals surface area (Å²) in [6.07, 6.45) is 0.975. The summed E-state index contributed by atoms with van der Waals surface area (Å²) in [6, 6.07) is -0.623. The fourth-order valence-electron chi connectivity index (χ4n) is 2.99. The van der Waals surface area contributed by atoms with Gasteiger partial charge >= 0.3 is 5.97 Å². The van der Waals surface area contributed by atoms with E-state index in [4.69, 9.17) is 9.47 Å². The van der Waals surface area contributed by atoms with Gasteiger partial charge in [0.1, 0.15) is 5.69 Å². The normalized spacial score (nSPS) is 11.9. The number of esters is 1. The first-order chi connectivity index (χ1) is 12.3. The van der Waals surface area contributed by atoms with Crippen molar-refractivity contribution < 1.29 is 23.9 Å². The van der Waals surface area contributed by atoms with Crippen LogP contribution in [0.25, 0.3) is 0 Å². The highest BCUT2D eigenvalue weighted by atomic mass is 16.5. The maximum Gasteiger partial charge on any atom is 0.355 e. The maximum absolute atomic E-state index is 13.1. The van der Waals surface area contributed by atoms with E-state index in [2.05, 4.69) is 4.98 Å². The number of carbonyl (C=O) groups is 3. The number of H-pyrrole nitrogens is 1. The second-order valence-electron chi connectivity index (χ2n) is 6.17. The molecule has 1 amide bonds. The Kier molecular flexibility index (Phi) is 8.51. The average Bonchev–Trinajstić information content (AvgIpc) is 2.91. The van der Waals surface area contributed by atoms with Gasteiger partial charge in [-0.1, -0.05) is 6.92 Å². The number of aromatic nitrogens is 1. The summed E-state index contributed by atoms with van der Waals surface area (Å²) in [5.41, 5.74) is 1.88. The summed E-state index contributed by atoms with van der Waals surface area (Å²) in [5, 5.41) is 0. The molecular weight excluding hydrogens is 336 g/mol. The van der Waals surface area contributed by atoms with Crippen molar-refractivity contribution in [2.45, 2.75) is 53.5 Å². The highest BCUT2D eigenvalue weighted by Crippen LogP contribution is 2.22. The van der Waals surface area contributed by atoms with Crippen molar-refractivity contribution in [2.24, 2.45) is 0 Å². The summed E-state index contributed by atoms with van der Waals surface area (Å²) >= 11 is 0. The lowest BCUT2D eigenvalue weighted by Gasteiger charge is -2.28. The molecule has 1 heterocycles. The summed E-state index contributed by atoms with van der Waals surface area (Å²) in [4.78, 5) is 42.0. The van der Waals surface area contributed by atoms with Crippen molar-refractivity contribution in [3.63, 3.8) is 0 Å². The Morgan fingerprint density at radius 3 is 2.38 bits per heavy atom. The minimum absolute atomic E-state index is 0.0848. The highest BCUT2D eigenvalue weighted by Gasteiger charge is 2.30. The molecule has 1 N–H and O–H groups in total. The molecule has 0 aliphatic heterocycles. The van der Waals surface area contributed by atoms with E-state index in [9.17, 15) is 14.4 Å². The number of ketones is 1. The quantitative estimate of drug-likeness (QED) is 0.391. The maximum atomic E-state index is 13.1. The Labute approximate surface area is 155 Å². The number of ether oxygens (including phenoxy) is 2. The fourth-order valence-corrected chi connectivity index (χ4v) is 2.99. The number of aromatic amines is 1. The molecule has 0 radical (unpaired) electrons. The van der Waals surface area contributed by atoms with E-state index in [1.54, 1.807) is 46.6 Å². The van der Waals surface area contributed by atoms with Crippen molar-refractivity contribution in [2.75, 3.05) is 26.9 Å². The van der Waals surface area contributed by atoms with Gasteiger partial charge in [0, 0.05) is 37.9 Å². The lowest BCUT2D eigenvalue weighted by atomic mass is 9.99. The molecule has 0 fully saturated rings. The van der Waals surface area contributed by atoms with Gasteiger partial charge in [-0.05, 0) is 39.7 Å². The minimum atomic E-state index is -0.623. The Morgan fingerprint density at radius 1 is 1.19 bits per heavy atom. The van der Waals surface area contributed by atoms with Crippen molar-refractivity contribution >= 4 is 17.7 Å². The lowest BCUT2D eigenvalue weighted by molar-refractivity contribution is -0.132. The second-order valence-corrected chi connectivity index (χ2v) is 6.17. The van der Waals surface area contributed by atoms with Crippen molar-refractivity contribution in [3.05, 3.63) is 22.5 Å². The number of methoxy groups -OCH3 is 1. The van der Waals surface area contributed by atoms with Crippen LogP contribution in [0.5, 0.6) is 0 Å². The van der Waals surface area contributed by atoms with Gasteiger partial charge in [0.05, 0.1) is 12.6 Å². The second kappa shape index (κ2) is 10.1. The smallest absolute Gasteiger partial charge is 0.355 e. The van der Waals surface area contributed by atoms with Gasteiger partial charge in [0.2, 0.25) is 5.91 Å². The molecule has 0 aromatic carbocycles. The van der Waals surface area contributed by atoms with Gasteiger partial charge in [-0.3, -0.25) is 9.59 Å². The highest BCUT2D eigenvalue weighted by molar-refractivity contribution is 6.06. The average molecular weight is 366 g/mol. The van der Waals surface area contributed by atoms with Crippen LogP contribution in [0.3, 0.4) is 0 Å². The van der Waals surface area contributed by atoms with E-state index in [1.807, 2.05) is 0 Å². The molecule has 7 heteroatoms. The SMILES string of the molecule is CCOC(=O)c1[nH]c(C)c(C(=O)C(C)N(CCCOC)C(=O)CC)c1C. The van der Waals surface area contributed by atoms with Crippen molar-refractivity contribution in [1.82, 2.24) is 9.88 Å². The number of Topliss-reactive ketones (excluding diaryl/α,β-unsaturated/α-hetero) is 1. The van der Waals surface area contributed by atoms with Gasteiger partial charge < -0.3 is 19.4 Å². The number of nitrogens with one attached hydrogen (secondary N) is 1. The number of rotatable bonds is 10. The molecule has 1 aromatic rings. The monoisotopic (exact) mass is 366 g/mol. The number of carbonyl (C=O) groups excluding carboxylic acids is 3. The van der Waals surface area contributed by atoms with Crippen molar-refractivity contribution in [1.29, 1.82) is 0 Å². The van der Waals surface area contributed by atoms with Gasteiger partial charge in [0.25, 0.3) is 0 Å². The molecule has 1 rings (SSSR count). The van der Waals surface area contributed by atoms with E-state index in [-0.39, 0.29) is 24.0 Å². The Balaban J connectivity index is 3.12. The number of amides is 1. The van der Waals surface area contributed by atoms with Crippen LogP contribution in [0.2, 0.25) is 0 Å². The molecule has 26 heavy (non-hydrogen) atoms. The van der Waals surface area contributed by atoms with Gasteiger partial charge in [-0.15, -0.1) is 0 Å². The van der Waals surface area contributed by atoms with Gasteiger partial charge in [-0.25, -0.2) is 4.79 Å². The van der Waals surface area contributed by atoms with Crippen molar-refractivity contribution in [3.8, 4) is 0 Å². The zero-order chi connectivity index (χ0) is 19.9. The summed E-state index contributed by atoms with van der Waals surface area (Å²) in [6.45, 7) is 9.90. The molecule has 0 saturated carbocycles. The third-order valence-electron chi connectivity index (χ3n) is 4.38.